The van der Waals surface area contributed by atoms with Gasteiger partial charge >= 0.3 is 5.97 Å². The van der Waals surface area contributed by atoms with E-state index in [4.69, 9.17) is 5.11 Å². The predicted molar refractivity (Wildman–Crippen MR) is 47.5 cm³/mol. The third-order valence-corrected chi connectivity index (χ3v) is 1.74. The number of nitrogens with zero attached hydrogens (tertiary/aromatic N) is 1. The monoisotopic (exact) mass is 167 g/mol. The maximum absolute atomic E-state index is 10.2. The molecule has 1 N–H and O–H groups in total. The van der Waals surface area contributed by atoms with Crippen molar-refractivity contribution >= 4 is 11.7 Å². The summed E-state index contributed by atoms with van der Waals surface area (Å²) in [6.45, 7) is 0.860. The van der Waals surface area contributed by atoms with Crippen LogP contribution in [-0.4, -0.2) is 23.3 Å². The Hall–Kier alpha value is -1.12. The second-order valence-corrected chi connectivity index (χ2v) is 2.81. The molecule has 0 aromatic heterocycles. The molecule has 1 rings (SSSR count). The highest BCUT2D eigenvalue weighted by Gasteiger charge is 2.01. The van der Waals surface area contributed by atoms with Gasteiger partial charge in [0.1, 0.15) is 0 Å². The first-order valence-electron chi connectivity index (χ1n) is 4.20. The summed E-state index contributed by atoms with van der Waals surface area (Å²) in [5, 5.41) is 8.39. The van der Waals surface area contributed by atoms with E-state index in [-0.39, 0.29) is 6.42 Å². The molecule has 0 aromatic rings. The molecule has 66 valence electrons. The smallest absolute Gasteiger partial charge is 0.303 e. The number of aliphatic carboxylic acids is 1. The molecule has 1 aliphatic rings. The molecule has 0 saturated carbocycles. The highest BCUT2D eigenvalue weighted by Crippen LogP contribution is 2.04. The van der Waals surface area contributed by atoms with E-state index in [0.717, 1.165) is 25.1 Å². The van der Waals surface area contributed by atoms with E-state index in [9.17, 15) is 4.79 Å². The van der Waals surface area contributed by atoms with E-state index in [0.29, 0.717) is 6.42 Å². The third-order valence-electron chi connectivity index (χ3n) is 1.74. The van der Waals surface area contributed by atoms with Crippen LogP contribution in [-0.2, 0) is 4.79 Å². The Morgan fingerprint density at radius 2 is 2.50 bits per heavy atom. The normalized spacial score (nSPS) is 15.8. The van der Waals surface area contributed by atoms with Gasteiger partial charge in [0.05, 0.1) is 0 Å². The van der Waals surface area contributed by atoms with E-state index in [1.165, 1.54) is 0 Å². The average Bonchev–Trinajstić information content (AvgIpc) is 2.05. The lowest BCUT2D eigenvalue weighted by molar-refractivity contribution is -0.137. The number of aliphatic imine (C=N–C) groups is 1. The molecule has 0 fully saturated rings. The van der Waals surface area contributed by atoms with Gasteiger partial charge < -0.3 is 5.11 Å². The predicted octanol–water partition coefficient (Wildman–Crippen LogP) is 1.64. The van der Waals surface area contributed by atoms with Crippen LogP contribution < -0.4 is 0 Å². The first-order chi connectivity index (χ1) is 5.79. The van der Waals surface area contributed by atoms with Crippen molar-refractivity contribution in [2.24, 2.45) is 4.99 Å². The van der Waals surface area contributed by atoms with E-state index < -0.39 is 5.97 Å². The molecule has 0 unspecified atom stereocenters. The molecule has 0 radical (unpaired) electrons. The van der Waals surface area contributed by atoms with Gasteiger partial charge in [0.15, 0.2) is 0 Å². The number of carboxylic acids is 1. The first kappa shape index (κ1) is 8.97. The minimum atomic E-state index is -0.726. The second-order valence-electron chi connectivity index (χ2n) is 2.81. The van der Waals surface area contributed by atoms with E-state index >= 15 is 0 Å². The van der Waals surface area contributed by atoms with Crippen LogP contribution in [0.3, 0.4) is 0 Å². The molecule has 0 bridgehead atoms. The summed E-state index contributed by atoms with van der Waals surface area (Å²) in [6.07, 6.45) is 6.82. The summed E-state index contributed by atoms with van der Waals surface area (Å²) in [5.41, 5.74) is 1.04. The van der Waals surface area contributed by atoms with Gasteiger partial charge in [-0.2, -0.15) is 0 Å². The third kappa shape index (κ3) is 3.32. The van der Waals surface area contributed by atoms with Crippen LogP contribution in [0.25, 0.3) is 0 Å². The maximum Gasteiger partial charge on any atom is 0.303 e. The fourth-order valence-corrected chi connectivity index (χ4v) is 1.14. The molecular formula is C9H13NO2. The van der Waals surface area contributed by atoms with Crippen LogP contribution in [0, 0.1) is 0 Å². The summed E-state index contributed by atoms with van der Waals surface area (Å²) in [4.78, 5) is 14.4. The van der Waals surface area contributed by atoms with Gasteiger partial charge in [-0.3, -0.25) is 9.79 Å². The standard InChI is InChI=1S/C9H13NO2/c11-9(12)6-3-5-8-4-1-2-7-10-8/h1,4H,2-3,5-7H2,(H,11,12). The summed E-state index contributed by atoms with van der Waals surface area (Å²) in [5.74, 6) is -0.726. The fraction of sp³-hybridized carbons (Fsp3) is 0.556. The molecule has 0 aromatic carbocycles. The minimum Gasteiger partial charge on any atom is -0.481 e. The lowest BCUT2D eigenvalue weighted by atomic mass is 10.1. The minimum absolute atomic E-state index is 0.243. The Bertz CT molecular complexity index is 219. The summed E-state index contributed by atoms with van der Waals surface area (Å²) in [6, 6.07) is 0. The van der Waals surface area contributed by atoms with Gasteiger partial charge in [-0.1, -0.05) is 6.08 Å². The Morgan fingerprint density at radius 1 is 1.67 bits per heavy atom. The van der Waals surface area contributed by atoms with Crippen molar-refractivity contribution in [1.82, 2.24) is 0 Å². The Kier molecular flexibility index (Phi) is 3.51. The Labute approximate surface area is 71.8 Å². The molecule has 3 heteroatoms. The van der Waals surface area contributed by atoms with Crippen molar-refractivity contribution in [2.75, 3.05) is 6.54 Å². The lowest BCUT2D eigenvalue weighted by Crippen LogP contribution is -2.02. The summed E-state index contributed by atoms with van der Waals surface area (Å²) >= 11 is 0. The number of carboxylic acid groups (broad SMARTS) is 1. The van der Waals surface area contributed by atoms with Crippen LogP contribution in [0.2, 0.25) is 0 Å². The number of carbonyl (C=O) groups is 1. The van der Waals surface area contributed by atoms with Crippen molar-refractivity contribution in [3.8, 4) is 0 Å². The van der Waals surface area contributed by atoms with Crippen molar-refractivity contribution in [3.63, 3.8) is 0 Å². The van der Waals surface area contributed by atoms with Gasteiger partial charge in [0, 0.05) is 18.7 Å². The maximum atomic E-state index is 10.2. The highest BCUT2D eigenvalue weighted by molar-refractivity contribution is 5.95. The van der Waals surface area contributed by atoms with E-state index in [2.05, 4.69) is 11.1 Å². The second kappa shape index (κ2) is 4.70. The fourth-order valence-electron chi connectivity index (χ4n) is 1.14. The first-order valence-corrected chi connectivity index (χ1v) is 4.20. The zero-order valence-corrected chi connectivity index (χ0v) is 6.99. The van der Waals surface area contributed by atoms with Crippen LogP contribution in [0.4, 0.5) is 0 Å². The number of rotatable bonds is 4. The van der Waals surface area contributed by atoms with Gasteiger partial charge in [0.25, 0.3) is 0 Å². The molecule has 12 heavy (non-hydrogen) atoms. The highest BCUT2D eigenvalue weighted by atomic mass is 16.4. The van der Waals surface area contributed by atoms with Crippen LogP contribution in [0.15, 0.2) is 17.1 Å². The van der Waals surface area contributed by atoms with Crippen molar-refractivity contribution in [1.29, 1.82) is 0 Å². The average molecular weight is 167 g/mol. The van der Waals surface area contributed by atoms with Gasteiger partial charge in [-0.05, 0) is 25.3 Å². The van der Waals surface area contributed by atoms with Crippen molar-refractivity contribution < 1.29 is 9.90 Å². The van der Waals surface area contributed by atoms with E-state index in [1.807, 2.05) is 6.08 Å². The zero-order valence-electron chi connectivity index (χ0n) is 6.99. The van der Waals surface area contributed by atoms with Gasteiger partial charge in [0.2, 0.25) is 0 Å². The number of allylic oxidation sites excluding steroid dienone is 1. The van der Waals surface area contributed by atoms with Gasteiger partial charge in [-0.25, -0.2) is 0 Å². The molecule has 0 atom stereocenters. The SMILES string of the molecule is O=C(O)CCCC1=NCCC=C1. The number of hydrogen-bond acceptors (Lipinski definition) is 2. The van der Waals surface area contributed by atoms with Crippen molar-refractivity contribution in [3.05, 3.63) is 12.2 Å². The van der Waals surface area contributed by atoms with Crippen molar-refractivity contribution in [2.45, 2.75) is 25.7 Å². The lowest BCUT2D eigenvalue weighted by Gasteiger charge is -2.04. The quantitative estimate of drug-likeness (QED) is 0.692. The Balaban J connectivity index is 2.18. The van der Waals surface area contributed by atoms with E-state index in [1.54, 1.807) is 0 Å². The summed E-state index contributed by atoms with van der Waals surface area (Å²) < 4.78 is 0. The van der Waals surface area contributed by atoms with Gasteiger partial charge in [-0.15, -0.1) is 0 Å². The largest absolute Gasteiger partial charge is 0.481 e. The molecule has 3 nitrogen and oxygen atoms in total. The molecule has 0 spiro atoms. The van der Waals surface area contributed by atoms with Crippen LogP contribution in [0.5, 0.6) is 0 Å². The number of dihydropyridines is 1. The topological polar surface area (TPSA) is 49.7 Å². The van der Waals surface area contributed by atoms with Crippen LogP contribution >= 0.6 is 0 Å². The molecule has 0 amide bonds. The molecular weight excluding hydrogens is 154 g/mol. The molecule has 1 aliphatic heterocycles. The molecule has 1 heterocycles. The summed E-state index contributed by atoms with van der Waals surface area (Å²) in [7, 11) is 0. The zero-order chi connectivity index (χ0) is 8.81. The van der Waals surface area contributed by atoms with Crippen LogP contribution in [0.1, 0.15) is 25.7 Å². The Morgan fingerprint density at radius 3 is 3.08 bits per heavy atom. The molecule has 0 aliphatic carbocycles. The number of hydrogen-bond donors (Lipinski definition) is 1. The molecule has 0 saturated heterocycles.